The predicted octanol–water partition coefficient (Wildman–Crippen LogP) is 3.41. The predicted molar refractivity (Wildman–Crippen MR) is 89.1 cm³/mol. The quantitative estimate of drug-likeness (QED) is 0.805. The first-order chi connectivity index (χ1) is 11.1. The van der Waals surface area contributed by atoms with E-state index < -0.39 is 0 Å². The van der Waals surface area contributed by atoms with E-state index in [4.69, 9.17) is 0 Å². The Morgan fingerprint density at radius 3 is 2.61 bits per heavy atom. The molecule has 0 radical (unpaired) electrons. The first kappa shape index (κ1) is 14.8. The standard InChI is InChI=1S/C18H16N4O/c1-12-9-16(5-7-20-12)22-18(23)17-10-15(8-13(2)21-17)14-4-3-6-19-11-14/h3-11H,1-2H3,(H,20,22,23). The fourth-order valence-electron chi connectivity index (χ4n) is 2.30. The van der Waals surface area contributed by atoms with Gasteiger partial charge in [0.05, 0.1) is 0 Å². The van der Waals surface area contributed by atoms with Gasteiger partial charge < -0.3 is 5.32 Å². The molecule has 3 heterocycles. The second-order valence-corrected chi connectivity index (χ2v) is 5.26. The van der Waals surface area contributed by atoms with Gasteiger partial charge >= 0.3 is 0 Å². The minimum absolute atomic E-state index is 0.246. The molecule has 0 aliphatic heterocycles. The highest BCUT2D eigenvalue weighted by atomic mass is 16.1. The zero-order valence-corrected chi connectivity index (χ0v) is 12.9. The lowest BCUT2D eigenvalue weighted by atomic mass is 10.1. The fraction of sp³-hybridized carbons (Fsp3) is 0.111. The number of hydrogen-bond donors (Lipinski definition) is 1. The second kappa shape index (κ2) is 6.36. The van der Waals surface area contributed by atoms with Crippen molar-refractivity contribution in [3.8, 4) is 11.1 Å². The van der Waals surface area contributed by atoms with E-state index >= 15 is 0 Å². The maximum atomic E-state index is 12.5. The average molecular weight is 304 g/mol. The molecule has 23 heavy (non-hydrogen) atoms. The largest absolute Gasteiger partial charge is 0.321 e. The van der Waals surface area contributed by atoms with Crippen LogP contribution in [0.25, 0.3) is 11.1 Å². The van der Waals surface area contributed by atoms with Gasteiger partial charge in [0.15, 0.2) is 0 Å². The molecule has 0 fully saturated rings. The van der Waals surface area contributed by atoms with Crippen molar-refractivity contribution in [3.63, 3.8) is 0 Å². The number of aromatic nitrogens is 3. The van der Waals surface area contributed by atoms with Gasteiger partial charge in [-0.3, -0.25) is 14.8 Å². The number of anilines is 1. The normalized spacial score (nSPS) is 10.3. The van der Waals surface area contributed by atoms with Crippen molar-refractivity contribution in [2.45, 2.75) is 13.8 Å². The van der Waals surface area contributed by atoms with E-state index in [1.54, 1.807) is 30.7 Å². The highest BCUT2D eigenvalue weighted by Gasteiger charge is 2.11. The summed E-state index contributed by atoms with van der Waals surface area (Å²) in [6, 6.07) is 11.1. The molecular weight excluding hydrogens is 288 g/mol. The fourth-order valence-corrected chi connectivity index (χ4v) is 2.30. The molecule has 0 saturated heterocycles. The number of aryl methyl sites for hydroxylation is 2. The van der Waals surface area contributed by atoms with Crippen molar-refractivity contribution in [3.05, 3.63) is 72.1 Å². The third-order valence-electron chi connectivity index (χ3n) is 3.34. The van der Waals surface area contributed by atoms with Crippen molar-refractivity contribution in [1.29, 1.82) is 0 Å². The molecule has 0 unspecified atom stereocenters. The van der Waals surface area contributed by atoms with Crippen LogP contribution in [0.5, 0.6) is 0 Å². The molecule has 3 rings (SSSR count). The minimum atomic E-state index is -0.246. The number of nitrogens with one attached hydrogen (secondary N) is 1. The lowest BCUT2D eigenvalue weighted by molar-refractivity contribution is 0.102. The summed E-state index contributed by atoms with van der Waals surface area (Å²) in [6.45, 7) is 3.74. The summed E-state index contributed by atoms with van der Waals surface area (Å²) >= 11 is 0. The van der Waals surface area contributed by atoms with Crippen LogP contribution in [-0.2, 0) is 0 Å². The molecule has 3 aromatic heterocycles. The Hall–Kier alpha value is -3.08. The summed E-state index contributed by atoms with van der Waals surface area (Å²) in [5.41, 5.74) is 4.57. The van der Waals surface area contributed by atoms with Crippen LogP contribution in [0.15, 0.2) is 55.0 Å². The van der Waals surface area contributed by atoms with Gasteiger partial charge in [-0.05, 0) is 49.7 Å². The number of rotatable bonds is 3. The average Bonchev–Trinajstić information content (AvgIpc) is 2.55. The second-order valence-electron chi connectivity index (χ2n) is 5.26. The SMILES string of the molecule is Cc1cc(NC(=O)c2cc(-c3cccnc3)cc(C)n2)ccn1. The molecule has 5 heteroatoms. The van der Waals surface area contributed by atoms with Gasteiger partial charge in [0.25, 0.3) is 5.91 Å². The van der Waals surface area contributed by atoms with Crippen molar-refractivity contribution in [2.24, 2.45) is 0 Å². The Bertz CT molecular complexity index is 847. The minimum Gasteiger partial charge on any atom is -0.321 e. The van der Waals surface area contributed by atoms with Crippen LogP contribution < -0.4 is 5.32 Å². The maximum absolute atomic E-state index is 12.5. The number of pyridine rings is 3. The Morgan fingerprint density at radius 2 is 1.87 bits per heavy atom. The summed E-state index contributed by atoms with van der Waals surface area (Å²) in [5, 5.41) is 2.85. The van der Waals surface area contributed by atoms with Crippen molar-refractivity contribution >= 4 is 11.6 Å². The Kier molecular flexibility index (Phi) is 4.10. The van der Waals surface area contributed by atoms with E-state index in [-0.39, 0.29) is 5.91 Å². The molecule has 3 aromatic rings. The van der Waals surface area contributed by atoms with Gasteiger partial charge in [0, 0.05) is 41.2 Å². The van der Waals surface area contributed by atoms with Gasteiger partial charge in [-0.25, -0.2) is 4.98 Å². The van der Waals surface area contributed by atoms with Crippen LogP contribution in [0.2, 0.25) is 0 Å². The van der Waals surface area contributed by atoms with Gasteiger partial charge in [-0.1, -0.05) is 6.07 Å². The van der Waals surface area contributed by atoms with Crippen molar-refractivity contribution in [1.82, 2.24) is 15.0 Å². The molecule has 0 aromatic carbocycles. The third kappa shape index (κ3) is 3.58. The molecule has 0 bridgehead atoms. The highest BCUT2D eigenvalue weighted by molar-refractivity contribution is 6.03. The van der Waals surface area contributed by atoms with E-state index in [0.717, 1.165) is 22.5 Å². The summed E-state index contributed by atoms with van der Waals surface area (Å²) < 4.78 is 0. The van der Waals surface area contributed by atoms with Gasteiger partial charge in [-0.15, -0.1) is 0 Å². The van der Waals surface area contributed by atoms with Crippen molar-refractivity contribution < 1.29 is 4.79 Å². The number of carbonyl (C=O) groups excluding carboxylic acids is 1. The number of carbonyl (C=O) groups is 1. The van der Waals surface area contributed by atoms with Crippen LogP contribution in [0.3, 0.4) is 0 Å². The smallest absolute Gasteiger partial charge is 0.274 e. The van der Waals surface area contributed by atoms with E-state index in [1.165, 1.54) is 0 Å². The summed E-state index contributed by atoms with van der Waals surface area (Å²) in [6.07, 6.45) is 5.15. The van der Waals surface area contributed by atoms with E-state index in [1.807, 2.05) is 38.1 Å². The number of nitrogens with zero attached hydrogens (tertiary/aromatic N) is 3. The molecular formula is C18H16N4O. The van der Waals surface area contributed by atoms with Crippen molar-refractivity contribution in [2.75, 3.05) is 5.32 Å². The van der Waals surface area contributed by atoms with Crippen LogP contribution >= 0.6 is 0 Å². The Labute approximate surface area is 134 Å². The van der Waals surface area contributed by atoms with Gasteiger partial charge in [0.2, 0.25) is 0 Å². The third-order valence-corrected chi connectivity index (χ3v) is 3.34. The molecule has 0 spiro atoms. The Balaban J connectivity index is 1.90. The zero-order chi connectivity index (χ0) is 16.2. The van der Waals surface area contributed by atoms with Gasteiger partial charge in [0.1, 0.15) is 5.69 Å². The van der Waals surface area contributed by atoms with Crippen LogP contribution in [0.4, 0.5) is 5.69 Å². The monoisotopic (exact) mass is 304 g/mol. The van der Waals surface area contributed by atoms with E-state index in [0.29, 0.717) is 11.4 Å². The van der Waals surface area contributed by atoms with Crippen LogP contribution in [0, 0.1) is 13.8 Å². The van der Waals surface area contributed by atoms with Gasteiger partial charge in [-0.2, -0.15) is 0 Å². The topological polar surface area (TPSA) is 67.8 Å². The zero-order valence-electron chi connectivity index (χ0n) is 12.9. The van der Waals surface area contributed by atoms with E-state index in [2.05, 4.69) is 20.3 Å². The first-order valence-electron chi connectivity index (χ1n) is 7.25. The lowest BCUT2D eigenvalue weighted by Crippen LogP contribution is -2.14. The molecule has 0 saturated carbocycles. The molecule has 5 nitrogen and oxygen atoms in total. The van der Waals surface area contributed by atoms with E-state index in [9.17, 15) is 4.79 Å². The maximum Gasteiger partial charge on any atom is 0.274 e. The summed E-state index contributed by atoms with van der Waals surface area (Å²) in [5.74, 6) is -0.246. The number of amides is 1. The molecule has 114 valence electrons. The lowest BCUT2D eigenvalue weighted by Gasteiger charge is -2.08. The first-order valence-corrected chi connectivity index (χ1v) is 7.25. The summed E-state index contributed by atoms with van der Waals surface area (Å²) in [7, 11) is 0. The molecule has 1 N–H and O–H groups in total. The molecule has 0 aliphatic carbocycles. The Morgan fingerprint density at radius 1 is 1.00 bits per heavy atom. The molecule has 0 aliphatic rings. The number of hydrogen-bond acceptors (Lipinski definition) is 4. The molecule has 1 amide bonds. The molecule has 0 atom stereocenters. The van der Waals surface area contributed by atoms with Crippen LogP contribution in [0.1, 0.15) is 21.9 Å². The van der Waals surface area contributed by atoms with Crippen LogP contribution in [-0.4, -0.2) is 20.9 Å². The summed E-state index contributed by atoms with van der Waals surface area (Å²) in [4.78, 5) is 25.0. The highest BCUT2D eigenvalue weighted by Crippen LogP contribution is 2.20.